The average Bonchev–Trinajstić information content (AvgIpc) is 3.19. The molecule has 0 saturated heterocycles. The Morgan fingerprint density at radius 2 is 1.97 bits per heavy atom. The number of hydrogen-bond acceptors (Lipinski definition) is 4. The molecular formula is C23H20N4O2. The number of nitrogens with zero attached hydrogens (tertiary/aromatic N) is 3. The molecule has 0 aliphatic heterocycles. The summed E-state index contributed by atoms with van der Waals surface area (Å²) in [6.45, 7) is -0.00869. The highest BCUT2D eigenvalue weighted by Crippen LogP contribution is 2.24. The smallest absolute Gasteiger partial charge is 0.257 e. The van der Waals surface area contributed by atoms with Crippen molar-refractivity contribution in [3.63, 3.8) is 0 Å². The first-order valence-corrected chi connectivity index (χ1v) is 9.22. The Balaban J connectivity index is 1.58. The van der Waals surface area contributed by atoms with E-state index < -0.39 is 0 Å². The van der Waals surface area contributed by atoms with Gasteiger partial charge in [-0.3, -0.25) is 9.78 Å². The Labute approximate surface area is 168 Å². The fraction of sp³-hybridized carbons (Fsp3) is 0.0870. The van der Waals surface area contributed by atoms with E-state index in [0.717, 1.165) is 27.6 Å². The van der Waals surface area contributed by atoms with Crippen molar-refractivity contribution in [3.8, 4) is 16.9 Å². The number of rotatable bonds is 6. The van der Waals surface area contributed by atoms with Crippen molar-refractivity contribution in [2.75, 3.05) is 13.7 Å². The number of amides is 1. The molecular weight excluding hydrogens is 364 g/mol. The van der Waals surface area contributed by atoms with Crippen LogP contribution in [0, 0.1) is 0 Å². The highest BCUT2D eigenvalue weighted by Gasteiger charge is 2.04. The van der Waals surface area contributed by atoms with Gasteiger partial charge in [0.05, 0.1) is 11.7 Å². The molecule has 2 aromatic heterocycles. The number of benzene rings is 2. The monoisotopic (exact) mass is 384 g/mol. The fourth-order valence-corrected chi connectivity index (χ4v) is 2.97. The third-order valence-corrected chi connectivity index (χ3v) is 4.53. The van der Waals surface area contributed by atoms with E-state index in [4.69, 9.17) is 4.74 Å². The van der Waals surface area contributed by atoms with E-state index in [9.17, 15) is 4.79 Å². The van der Waals surface area contributed by atoms with Gasteiger partial charge < -0.3 is 10.1 Å². The van der Waals surface area contributed by atoms with E-state index >= 15 is 0 Å². The van der Waals surface area contributed by atoms with Crippen LogP contribution >= 0.6 is 0 Å². The van der Waals surface area contributed by atoms with Crippen molar-refractivity contribution in [3.05, 3.63) is 78.8 Å². The molecule has 0 fully saturated rings. The quantitative estimate of drug-likeness (QED) is 0.548. The number of fused-ring (bicyclic) bond motifs is 1. The van der Waals surface area contributed by atoms with Crippen molar-refractivity contribution in [2.45, 2.75) is 0 Å². The lowest BCUT2D eigenvalue weighted by atomic mass is 10.1. The van der Waals surface area contributed by atoms with Gasteiger partial charge in [0.25, 0.3) is 5.91 Å². The maximum absolute atomic E-state index is 11.3. The molecule has 0 radical (unpaired) electrons. The molecule has 0 aliphatic rings. The molecule has 1 amide bonds. The standard InChI is InChI=1S/C23H20N4O2/c1-24-23(28)16-29-21-4-2-3-17(13-21)9-12-27-22-14-19(5-6-20(22)15-26-27)18-7-10-25-11-8-18/h2-15H,16H2,1H3,(H,24,28). The molecule has 0 atom stereocenters. The second-order valence-corrected chi connectivity index (χ2v) is 6.45. The maximum atomic E-state index is 11.3. The summed E-state index contributed by atoms with van der Waals surface area (Å²) in [5.41, 5.74) is 4.19. The number of carbonyl (C=O) groups excluding carboxylic acids is 1. The van der Waals surface area contributed by atoms with Crippen molar-refractivity contribution >= 4 is 29.1 Å². The second kappa shape index (κ2) is 8.39. The van der Waals surface area contributed by atoms with E-state index in [2.05, 4.69) is 33.6 Å². The lowest BCUT2D eigenvalue weighted by molar-refractivity contribution is -0.122. The van der Waals surface area contributed by atoms with Crippen LogP contribution < -0.4 is 10.1 Å². The number of ether oxygens (including phenoxy) is 1. The van der Waals surface area contributed by atoms with Crippen LogP contribution in [0.3, 0.4) is 0 Å². The van der Waals surface area contributed by atoms with Gasteiger partial charge in [0.15, 0.2) is 6.61 Å². The van der Waals surface area contributed by atoms with Gasteiger partial charge in [-0.1, -0.05) is 24.3 Å². The zero-order valence-electron chi connectivity index (χ0n) is 15.9. The fourth-order valence-electron chi connectivity index (χ4n) is 2.97. The molecule has 144 valence electrons. The van der Waals surface area contributed by atoms with E-state index in [0.29, 0.717) is 5.75 Å². The Hall–Kier alpha value is -3.93. The molecule has 0 unspecified atom stereocenters. The van der Waals surface area contributed by atoms with Gasteiger partial charge in [-0.05, 0) is 53.1 Å². The molecule has 6 nitrogen and oxygen atoms in total. The maximum Gasteiger partial charge on any atom is 0.257 e. The molecule has 4 rings (SSSR count). The predicted molar refractivity (Wildman–Crippen MR) is 114 cm³/mol. The summed E-state index contributed by atoms with van der Waals surface area (Å²) in [7, 11) is 1.58. The second-order valence-electron chi connectivity index (χ2n) is 6.45. The molecule has 2 aromatic carbocycles. The van der Waals surface area contributed by atoms with Crippen LogP contribution in [0.4, 0.5) is 0 Å². The first kappa shape index (κ1) is 18.4. The van der Waals surface area contributed by atoms with Crippen molar-refractivity contribution in [1.82, 2.24) is 20.1 Å². The number of likely N-dealkylation sites (N-methyl/N-ethyl adjacent to an activating group) is 1. The number of aromatic nitrogens is 3. The molecule has 6 heteroatoms. The minimum atomic E-state index is -0.168. The SMILES string of the molecule is CNC(=O)COc1cccc(C=Cn2ncc3ccc(-c4ccncc4)cc32)c1. The summed E-state index contributed by atoms with van der Waals surface area (Å²) in [5, 5.41) is 8.07. The number of pyridine rings is 1. The van der Waals surface area contributed by atoms with Crippen molar-refractivity contribution in [2.24, 2.45) is 0 Å². The van der Waals surface area contributed by atoms with Crippen LogP contribution in [-0.2, 0) is 4.79 Å². The highest BCUT2D eigenvalue weighted by atomic mass is 16.5. The lowest BCUT2D eigenvalue weighted by Gasteiger charge is -2.06. The van der Waals surface area contributed by atoms with Crippen molar-refractivity contribution in [1.29, 1.82) is 0 Å². The number of nitrogens with one attached hydrogen (secondary N) is 1. The number of carbonyl (C=O) groups is 1. The molecule has 0 aliphatic carbocycles. The minimum Gasteiger partial charge on any atom is -0.484 e. The van der Waals surface area contributed by atoms with E-state index in [1.54, 1.807) is 19.4 Å². The van der Waals surface area contributed by atoms with Gasteiger partial charge in [-0.15, -0.1) is 0 Å². The van der Waals surface area contributed by atoms with Gasteiger partial charge in [0.1, 0.15) is 5.75 Å². The minimum absolute atomic E-state index is 0.00869. The van der Waals surface area contributed by atoms with Gasteiger partial charge in [-0.25, -0.2) is 4.68 Å². The Kier molecular flexibility index (Phi) is 5.33. The predicted octanol–water partition coefficient (Wildman–Crippen LogP) is 3.85. The highest BCUT2D eigenvalue weighted by molar-refractivity contribution is 5.86. The molecule has 29 heavy (non-hydrogen) atoms. The van der Waals surface area contributed by atoms with E-state index in [1.807, 2.05) is 59.6 Å². The van der Waals surface area contributed by atoms with Gasteiger partial charge in [0, 0.05) is 31.0 Å². The van der Waals surface area contributed by atoms with Crippen LogP contribution in [-0.4, -0.2) is 34.3 Å². The zero-order chi connectivity index (χ0) is 20.1. The molecule has 0 spiro atoms. The summed E-state index contributed by atoms with van der Waals surface area (Å²) in [6, 6.07) is 17.8. The first-order valence-electron chi connectivity index (χ1n) is 9.22. The topological polar surface area (TPSA) is 69.0 Å². The molecule has 0 bridgehead atoms. The average molecular weight is 384 g/mol. The Morgan fingerprint density at radius 1 is 1.10 bits per heavy atom. The first-order chi connectivity index (χ1) is 14.2. The van der Waals surface area contributed by atoms with Gasteiger partial charge in [0.2, 0.25) is 0 Å². The van der Waals surface area contributed by atoms with E-state index in [-0.39, 0.29) is 12.5 Å². The summed E-state index contributed by atoms with van der Waals surface area (Å²) in [4.78, 5) is 15.4. The third kappa shape index (κ3) is 4.32. The van der Waals surface area contributed by atoms with Crippen LogP contribution in [0.25, 0.3) is 34.3 Å². The Morgan fingerprint density at radius 3 is 2.79 bits per heavy atom. The number of hydrogen-bond donors (Lipinski definition) is 1. The third-order valence-electron chi connectivity index (χ3n) is 4.53. The Bertz CT molecular complexity index is 1170. The van der Waals surface area contributed by atoms with Crippen molar-refractivity contribution < 1.29 is 9.53 Å². The zero-order valence-corrected chi connectivity index (χ0v) is 15.9. The summed E-state index contributed by atoms with van der Waals surface area (Å²) < 4.78 is 7.34. The van der Waals surface area contributed by atoms with Gasteiger partial charge in [-0.2, -0.15) is 5.10 Å². The molecule has 1 N–H and O–H groups in total. The normalized spacial score (nSPS) is 11.1. The molecule has 4 aromatic rings. The molecule has 0 saturated carbocycles. The summed E-state index contributed by atoms with van der Waals surface area (Å²) >= 11 is 0. The van der Waals surface area contributed by atoms with Crippen LogP contribution in [0.5, 0.6) is 5.75 Å². The molecule has 2 heterocycles. The van der Waals surface area contributed by atoms with Crippen LogP contribution in [0.15, 0.2) is 73.2 Å². The van der Waals surface area contributed by atoms with Crippen LogP contribution in [0.1, 0.15) is 5.56 Å². The van der Waals surface area contributed by atoms with Gasteiger partial charge >= 0.3 is 0 Å². The van der Waals surface area contributed by atoms with E-state index in [1.165, 1.54) is 0 Å². The summed E-state index contributed by atoms with van der Waals surface area (Å²) in [6.07, 6.45) is 9.29. The summed E-state index contributed by atoms with van der Waals surface area (Å²) in [5.74, 6) is 0.472. The van der Waals surface area contributed by atoms with Crippen LogP contribution in [0.2, 0.25) is 0 Å². The largest absolute Gasteiger partial charge is 0.484 e. The lowest BCUT2D eigenvalue weighted by Crippen LogP contribution is -2.24.